The van der Waals surface area contributed by atoms with Crippen LogP contribution >= 0.6 is 0 Å². The van der Waals surface area contributed by atoms with Crippen molar-refractivity contribution in [2.24, 2.45) is 5.41 Å². The Morgan fingerprint density at radius 3 is 2.39 bits per heavy atom. The first-order chi connectivity index (χ1) is 33.3. The molecule has 11 nitrogen and oxygen atoms in total. The summed E-state index contributed by atoms with van der Waals surface area (Å²) in [6.45, 7) is 24.5. The van der Waals surface area contributed by atoms with Gasteiger partial charge < -0.3 is 35.1 Å². The number of Topliss-reactive ketones (excluding diaryl/α,β-unsaturated/α-hetero) is 2. The molecule has 0 aromatic heterocycles. The van der Waals surface area contributed by atoms with E-state index in [1.807, 2.05) is 33.0 Å². The number of ketones is 2. The molecule has 0 saturated carbocycles. The Hall–Kier alpha value is -4.97. The highest BCUT2D eigenvalue weighted by atomic mass is 16.5. The largest absolute Gasteiger partial charge is 0.511 e. The van der Waals surface area contributed by atoms with E-state index >= 15 is 0 Å². The SMILES string of the molecule is CCN1c2cc3c(cc2C(C)CC1(C)C)C(c1ccccc1C(=O)N(C)CCCC(=O)CCNCCOCCOCCC(=N)C1=C(O)CC(C)(C)CC1=O)=c1cc2c4c(c1C3(C)C)CCC[N+]=4CCC2. The highest BCUT2D eigenvalue weighted by Crippen LogP contribution is 2.50. The molecule has 3 N–H and O–H groups in total. The van der Waals surface area contributed by atoms with Crippen molar-refractivity contribution >= 4 is 34.4 Å². The van der Waals surface area contributed by atoms with Gasteiger partial charge in [0.2, 0.25) is 5.36 Å². The second-order valence-corrected chi connectivity index (χ2v) is 22.7. The fraction of sp³-hybridized carbons (Fsp3) is 0.576. The minimum atomic E-state index is -0.289. The first kappa shape index (κ1) is 51.4. The van der Waals surface area contributed by atoms with Gasteiger partial charge >= 0.3 is 0 Å². The number of aliphatic hydroxyl groups excluding tert-OH is 1. The summed E-state index contributed by atoms with van der Waals surface area (Å²) in [7, 11) is 1.87. The maximum absolute atomic E-state index is 14.7. The third-order valence-corrected chi connectivity index (χ3v) is 16.0. The summed E-state index contributed by atoms with van der Waals surface area (Å²) in [6, 6.07) is 15.8. The number of anilines is 1. The van der Waals surface area contributed by atoms with Crippen LogP contribution in [0.3, 0.4) is 0 Å². The Morgan fingerprint density at radius 1 is 0.914 bits per heavy atom. The summed E-state index contributed by atoms with van der Waals surface area (Å²) in [4.78, 5) is 44.6. The smallest absolute Gasteiger partial charge is 0.254 e. The van der Waals surface area contributed by atoms with E-state index in [9.17, 15) is 19.5 Å². The van der Waals surface area contributed by atoms with E-state index < -0.39 is 0 Å². The lowest BCUT2D eigenvalue weighted by Gasteiger charge is -2.48. The van der Waals surface area contributed by atoms with Crippen LogP contribution in [0.1, 0.15) is 168 Å². The number of carbonyl (C=O) groups is 3. The molecule has 1 unspecified atom stereocenters. The predicted octanol–water partition coefficient (Wildman–Crippen LogP) is 8.11. The van der Waals surface area contributed by atoms with Gasteiger partial charge in [-0.1, -0.05) is 52.8 Å². The van der Waals surface area contributed by atoms with E-state index in [1.165, 1.54) is 55.2 Å². The molecule has 0 bridgehead atoms. The number of hydrogen-bond donors (Lipinski definition) is 3. The molecule has 376 valence electrons. The van der Waals surface area contributed by atoms with Crippen molar-refractivity contribution in [2.45, 2.75) is 143 Å². The number of benzene rings is 3. The van der Waals surface area contributed by atoms with Gasteiger partial charge in [-0.25, -0.2) is 4.58 Å². The summed E-state index contributed by atoms with van der Waals surface area (Å²) in [5.74, 6) is 0.362. The van der Waals surface area contributed by atoms with Crippen LogP contribution in [0.15, 0.2) is 53.8 Å². The van der Waals surface area contributed by atoms with Crippen molar-refractivity contribution in [1.82, 2.24) is 14.8 Å². The van der Waals surface area contributed by atoms with Crippen molar-refractivity contribution in [3.63, 3.8) is 0 Å². The van der Waals surface area contributed by atoms with E-state index in [4.69, 9.17) is 14.9 Å². The minimum absolute atomic E-state index is 0.00993. The maximum atomic E-state index is 14.7. The lowest BCUT2D eigenvalue weighted by atomic mass is 9.64. The molecule has 5 aliphatic rings. The molecule has 0 spiro atoms. The summed E-state index contributed by atoms with van der Waals surface area (Å²) in [6.07, 6.45) is 7.92. The molecule has 3 heterocycles. The maximum Gasteiger partial charge on any atom is 0.254 e. The summed E-state index contributed by atoms with van der Waals surface area (Å²) in [5.41, 5.74) is 12.4. The van der Waals surface area contributed by atoms with Crippen LogP contribution in [0.25, 0.3) is 5.57 Å². The van der Waals surface area contributed by atoms with Gasteiger partial charge in [0, 0.05) is 117 Å². The average molecular weight is 955 g/mol. The van der Waals surface area contributed by atoms with Crippen molar-refractivity contribution in [1.29, 1.82) is 5.41 Å². The van der Waals surface area contributed by atoms with Gasteiger partial charge in [-0.05, 0) is 121 Å². The van der Waals surface area contributed by atoms with Gasteiger partial charge in [0.1, 0.15) is 24.6 Å². The van der Waals surface area contributed by atoms with Crippen molar-refractivity contribution < 1.29 is 29.0 Å². The molecule has 0 fully saturated rings. The predicted molar refractivity (Wildman–Crippen MR) is 280 cm³/mol. The number of hydrogen-bond acceptors (Lipinski definition) is 9. The van der Waals surface area contributed by atoms with E-state index in [0.717, 1.165) is 57.3 Å². The van der Waals surface area contributed by atoms with Crippen LogP contribution in [0, 0.1) is 10.8 Å². The lowest BCUT2D eigenvalue weighted by molar-refractivity contribution is -0.119. The molecule has 3 aromatic rings. The molecule has 2 aliphatic carbocycles. The zero-order valence-corrected chi connectivity index (χ0v) is 43.8. The number of aryl methyl sites for hydroxylation is 1. The molecule has 0 radical (unpaired) electrons. The van der Waals surface area contributed by atoms with Gasteiger partial charge in [-0.15, -0.1) is 0 Å². The Bertz CT molecular complexity index is 2710. The summed E-state index contributed by atoms with van der Waals surface area (Å²) < 4.78 is 13.9. The molecule has 1 atom stereocenters. The van der Waals surface area contributed by atoms with Gasteiger partial charge in [0.05, 0.1) is 32.0 Å². The molecular weight excluding hydrogens is 875 g/mol. The molecule has 11 heteroatoms. The van der Waals surface area contributed by atoms with Crippen molar-refractivity contribution in [2.75, 3.05) is 77.6 Å². The molecule has 3 aromatic carbocycles. The number of carbonyl (C=O) groups excluding carboxylic acids is 3. The molecule has 3 aliphatic heterocycles. The number of ether oxygens (including phenoxy) is 2. The van der Waals surface area contributed by atoms with E-state index in [1.54, 1.807) is 4.90 Å². The first-order valence-electron chi connectivity index (χ1n) is 26.4. The number of rotatable bonds is 20. The Labute approximate surface area is 416 Å². The fourth-order valence-corrected chi connectivity index (χ4v) is 12.8. The number of fused-ring (bicyclic) bond motifs is 4. The molecule has 1 amide bonds. The zero-order valence-electron chi connectivity index (χ0n) is 43.8. The average Bonchev–Trinajstić information content (AvgIpc) is 3.29. The normalized spacial score (nSPS) is 19.6. The third-order valence-electron chi connectivity index (χ3n) is 16.0. The number of amides is 1. The molecule has 8 rings (SSSR count). The lowest BCUT2D eigenvalue weighted by Crippen LogP contribution is -2.50. The highest BCUT2D eigenvalue weighted by molar-refractivity contribution is 6.22. The Morgan fingerprint density at radius 2 is 1.64 bits per heavy atom. The standard InChI is InChI=1S/C59H79N5O6/c1-10-64-49-34-47-45(33-44(49)38(2)35-58(64,5)6)52(46-32-39-16-13-26-63-27-15-20-43(55(39)63)54(46)59(47,7)8)41-18-11-12-19-42(41)56(68)62(9)25-14-17-40(65)21-23-61-24-29-70-31-30-69-28-22-48(60)53-50(66)36-57(3,4)37-51(53)67/h11-12,18-19,32-34,38,61H,10,13-17,20-31,35-37H2,1-9H3,(H-,60,66,67)/p+1. The van der Waals surface area contributed by atoms with Crippen molar-refractivity contribution in [3.8, 4) is 0 Å². The van der Waals surface area contributed by atoms with E-state index in [2.05, 4.69) is 86.7 Å². The Balaban J connectivity index is 0.895. The van der Waals surface area contributed by atoms with Gasteiger partial charge in [-0.2, -0.15) is 0 Å². The third kappa shape index (κ3) is 10.4. The van der Waals surface area contributed by atoms with Gasteiger partial charge in [0.15, 0.2) is 5.78 Å². The van der Waals surface area contributed by atoms with Crippen molar-refractivity contribution in [3.05, 3.63) is 109 Å². The van der Waals surface area contributed by atoms with E-state index in [-0.39, 0.29) is 63.9 Å². The zero-order chi connectivity index (χ0) is 50.1. The summed E-state index contributed by atoms with van der Waals surface area (Å²) in [5, 5.41) is 24.7. The van der Waals surface area contributed by atoms with Crippen LogP contribution in [0.2, 0.25) is 0 Å². The van der Waals surface area contributed by atoms with Crippen LogP contribution in [-0.2, 0) is 37.3 Å². The second-order valence-electron chi connectivity index (χ2n) is 22.7. The number of nitrogens with zero attached hydrogens (tertiary/aromatic N) is 3. The number of aliphatic hydroxyl groups is 1. The highest BCUT2D eigenvalue weighted by Gasteiger charge is 2.43. The Kier molecular flexibility index (Phi) is 15.4. The number of allylic oxidation sites excluding steroid dienone is 2. The quantitative estimate of drug-likeness (QED) is 0.0588. The van der Waals surface area contributed by atoms with Crippen LogP contribution in [0.4, 0.5) is 5.69 Å². The fourth-order valence-electron chi connectivity index (χ4n) is 12.8. The second kappa shape index (κ2) is 21.0. The molecule has 70 heavy (non-hydrogen) atoms. The topological polar surface area (TPSA) is 135 Å². The van der Waals surface area contributed by atoms with Crippen LogP contribution < -0.4 is 25.4 Å². The first-order valence-corrected chi connectivity index (χ1v) is 26.4. The minimum Gasteiger partial charge on any atom is -0.511 e. The molecule has 0 saturated heterocycles. The number of nitrogens with one attached hydrogen (secondary N) is 2. The molecular formula is C59H80N5O6+. The van der Waals surface area contributed by atoms with Crippen LogP contribution in [0.5, 0.6) is 0 Å². The van der Waals surface area contributed by atoms with Crippen LogP contribution in [-0.4, -0.2) is 111 Å². The van der Waals surface area contributed by atoms with Gasteiger partial charge in [0.25, 0.3) is 5.91 Å². The van der Waals surface area contributed by atoms with Gasteiger partial charge in [-0.3, -0.25) is 14.4 Å². The van der Waals surface area contributed by atoms with E-state index in [0.29, 0.717) is 83.0 Å². The summed E-state index contributed by atoms with van der Waals surface area (Å²) >= 11 is 0. The monoisotopic (exact) mass is 955 g/mol.